The lowest BCUT2D eigenvalue weighted by molar-refractivity contribution is 0.553. The number of rotatable bonds is 2. The second-order valence-corrected chi connectivity index (χ2v) is 4.67. The van der Waals surface area contributed by atoms with Gasteiger partial charge >= 0.3 is 5.69 Å². The monoisotopic (exact) mass is 245 g/mol. The minimum atomic E-state index is -0.320. The molecule has 6 nitrogen and oxygen atoms in total. The average molecular weight is 245 g/mol. The van der Waals surface area contributed by atoms with Crippen molar-refractivity contribution in [3.05, 3.63) is 22.2 Å². The molecule has 2 N–H and O–H groups in total. The third-order valence-corrected chi connectivity index (χ3v) is 3.02. The van der Waals surface area contributed by atoms with Crippen LogP contribution in [0.4, 0.5) is 5.82 Å². The summed E-state index contributed by atoms with van der Waals surface area (Å²) in [5, 5.41) is 8.74. The Hall–Kier alpha value is -2.16. The molecule has 0 fully saturated rings. The number of aromatic nitrogens is 2. The lowest BCUT2D eigenvalue weighted by atomic mass is 9.94. The fourth-order valence-electron chi connectivity index (χ4n) is 1.98. The van der Waals surface area contributed by atoms with E-state index in [0.717, 1.165) is 5.56 Å². The normalized spacial score (nSPS) is 18.1. The Bertz CT molecular complexity index is 593. The van der Waals surface area contributed by atoms with Crippen molar-refractivity contribution in [3.63, 3.8) is 0 Å². The van der Waals surface area contributed by atoms with Gasteiger partial charge in [0.1, 0.15) is 5.84 Å². The molecule has 0 bridgehead atoms. The summed E-state index contributed by atoms with van der Waals surface area (Å²) in [5.41, 5.74) is 6.33. The van der Waals surface area contributed by atoms with Crippen LogP contribution in [0, 0.1) is 17.2 Å². The maximum absolute atomic E-state index is 11.7. The van der Waals surface area contributed by atoms with Crippen molar-refractivity contribution in [2.75, 3.05) is 0 Å². The van der Waals surface area contributed by atoms with Crippen LogP contribution in [-0.4, -0.2) is 15.4 Å². The highest BCUT2D eigenvalue weighted by atomic mass is 16.1. The Labute approximate surface area is 105 Å². The molecule has 6 heteroatoms. The van der Waals surface area contributed by atoms with Gasteiger partial charge in [-0.25, -0.2) is 9.79 Å². The Morgan fingerprint density at radius 2 is 2.39 bits per heavy atom. The molecule has 2 rings (SSSR count). The summed E-state index contributed by atoms with van der Waals surface area (Å²) in [4.78, 5) is 19.8. The van der Waals surface area contributed by atoms with Crippen LogP contribution in [0.25, 0.3) is 0 Å². The molecule has 0 aromatic carbocycles. The summed E-state index contributed by atoms with van der Waals surface area (Å²) in [7, 11) is 0. The fourth-order valence-corrected chi connectivity index (χ4v) is 1.98. The predicted octanol–water partition coefficient (Wildman–Crippen LogP) is 0.899. The standard InChI is InChI=1S/C12H15N5O/c1-7(2)17-6-9-5-8(3-4-13)10(14)15-11(9)16-12(17)18/h6-8H,3,5H2,1-2H3,(H2,14,15,16,18). The Balaban J connectivity index is 2.48. The molecule has 0 aliphatic carbocycles. The molecule has 1 atom stereocenters. The molecule has 94 valence electrons. The smallest absolute Gasteiger partial charge is 0.349 e. The van der Waals surface area contributed by atoms with Crippen LogP contribution < -0.4 is 11.4 Å². The highest BCUT2D eigenvalue weighted by Crippen LogP contribution is 2.26. The van der Waals surface area contributed by atoms with Crippen molar-refractivity contribution in [3.8, 4) is 6.07 Å². The molecule has 0 amide bonds. The zero-order chi connectivity index (χ0) is 13.3. The first kappa shape index (κ1) is 12.3. The minimum absolute atomic E-state index is 0.0490. The van der Waals surface area contributed by atoms with E-state index in [2.05, 4.69) is 16.0 Å². The van der Waals surface area contributed by atoms with E-state index in [1.54, 1.807) is 10.8 Å². The molecule has 0 saturated carbocycles. The summed E-state index contributed by atoms with van der Waals surface area (Å²) in [6.45, 7) is 3.84. The van der Waals surface area contributed by atoms with Crippen molar-refractivity contribution in [2.24, 2.45) is 16.6 Å². The van der Waals surface area contributed by atoms with Gasteiger partial charge in [0.2, 0.25) is 0 Å². The SMILES string of the molecule is CC(C)n1cc2c(nc1=O)N=C(N)C(CC#N)C2. The van der Waals surface area contributed by atoms with Crippen molar-refractivity contribution >= 4 is 11.7 Å². The van der Waals surface area contributed by atoms with Crippen LogP contribution in [0.3, 0.4) is 0 Å². The lowest BCUT2D eigenvalue weighted by Gasteiger charge is -2.21. The number of amidine groups is 1. The van der Waals surface area contributed by atoms with Gasteiger partial charge in [0.15, 0.2) is 5.82 Å². The maximum atomic E-state index is 11.7. The van der Waals surface area contributed by atoms with E-state index in [-0.39, 0.29) is 17.6 Å². The Morgan fingerprint density at radius 1 is 1.67 bits per heavy atom. The quantitative estimate of drug-likeness (QED) is 0.836. The summed E-state index contributed by atoms with van der Waals surface area (Å²) in [6.07, 6.45) is 2.71. The maximum Gasteiger partial charge on any atom is 0.349 e. The van der Waals surface area contributed by atoms with Gasteiger partial charge in [-0.05, 0) is 20.3 Å². The van der Waals surface area contributed by atoms with Gasteiger partial charge in [-0.1, -0.05) is 0 Å². The second kappa shape index (κ2) is 4.61. The third-order valence-electron chi connectivity index (χ3n) is 3.02. The topological polar surface area (TPSA) is 97.1 Å². The number of nitrogens with two attached hydrogens (primary N) is 1. The molecule has 1 aromatic heterocycles. The number of aliphatic imine (C=N–C) groups is 1. The second-order valence-electron chi connectivity index (χ2n) is 4.67. The molecule has 1 unspecified atom stereocenters. The van der Waals surface area contributed by atoms with E-state index in [1.165, 1.54) is 0 Å². The van der Waals surface area contributed by atoms with E-state index in [9.17, 15) is 4.79 Å². The van der Waals surface area contributed by atoms with Crippen molar-refractivity contribution in [1.82, 2.24) is 9.55 Å². The number of nitrogens with zero attached hydrogens (tertiary/aromatic N) is 4. The first-order valence-electron chi connectivity index (χ1n) is 5.86. The third kappa shape index (κ3) is 2.12. The van der Waals surface area contributed by atoms with E-state index >= 15 is 0 Å². The summed E-state index contributed by atoms with van der Waals surface area (Å²) in [6, 6.07) is 2.15. The molecule has 1 aliphatic heterocycles. The van der Waals surface area contributed by atoms with Gasteiger partial charge in [-0.15, -0.1) is 0 Å². The summed E-state index contributed by atoms with van der Waals surface area (Å²) in [5.74, 6) is 0.698. The number of fused-ring (bicyclic) bond motifs is 1. The van der Waals surface area contributed by atoms with Gasteiger partial charge in [0, 0.05) is 30.1 Å². The molecule has 18 heavy (non-hydrogen) atoms. The molecule has 0 saturated heterocycles. The lowest BCUT2D eigenvalue weighted by Crippen LogP contribution is -2.31. The van der Waals surface area contributed by atoms with Crippen LogP contribution in [0.1, 0.15) is 31.9 Å². The molecule has 1 aliphatic rings. The highest BCUT2D eigenvalue weighted by molar-refractivity contribution is 5.87. The molecule has 1 aromatic rings. The molecular formula is C12H15N5O. The minimum Gasteiger partial charge on any atom is -0.387 e. The van der Waals surface area contributed by atoms with Gasteiger partial charge in [-0.2, -0.15) is 10.2 Å². The number of hydrogen-bond donors (Lipinski definition) is 1. The van der Waals surface area contributed by atoms with E-state index in [4.69, 9.17) is 11.0 Å². The van der Waals surface area contributed by atoms with Crippen molar-refractivity contribution < 1.29 is 0 Å². The molecular weight excluding hydrogens is 230 g/mol. The molecule has 2 heterocycles. The molecule has 0 radical (unpaired) electrons. The van der Waals surface area contributed by atoms with Crippen LogP contribution >= 0.6 is 0 Å². The van der Waals surface area contributed by atoms with Crippen LogP contribution in [0.5, 0.6) is 0 Å². The van der Waals surface area contributed by atoms with Crippen molar-refractivity contribution in [1.29, 1.82) is 5.26 Å². The van der Waals surface area contributed by atoms with Crippen molar-refractivity contribution in [2.45, 2.75) is 32.7 Å². The van der Waals surface area contributed by atoms with Gasteiger partial charge in [0.25, 0.3) is 0 Å². The van der Waals surface area contributed by atoms with Crippen LogP contribution in [0.15, 0.2) is 16.0 Å². The Morgan fingerprint density at radius 3 is 3.00 bits per heavy atom. The average Bonchev–Trinajstić information content (AvgIpc) is 2.30. The predicted molar refractivity (Wildman–Crippen MR) is 67.6 cm³/mol. The van der Waals surface area contributed by atoms with E-state index in [1.807, 2.05) is 13.8 Å². The first-order chi connectivity index (χ1) is 8.52. The summed E-state index contributed by atoms with van der Waals surface area (Å²) >= 11 is 0. The zero-order valence-corrected chi connectivity index (χ0v) is 10.4. The Kier molecular flexibility index (Phi) is 3.15. The van der Waals surface area contributed by atoms with Gasteiger partial charge < -0.3 is 5.73 Å². The van der Waals surface area contributed by atoms with E-state index < -0.39 is 0 Å². The fraction of sp³-hybridized carbons (Fsp3) is 0.500. The number of hydrogen-bond acceptors (Lipinski definition) is 5. The van der Waals surface area contributed by atoms with E-state index in [0.29, 0.717) is 24.5 Å². The first-order valence-corrected chi connectivity index (χ1v) is 5.86. The molecule has 0 spiro atoms. The van der Waals surface area contributed by atoms with Crippen LogP contribution in [0.2, 0.25) is 0 Å². The number of nitriles is 1. The van der Waals surface area contributed by atoms with Gasteiger partial charge in [-0.3, -0.25) is 4.57 Å². The summed E-state index contributed by atoms with van der Waals surface area (Å²) < 4.78 is 1.57. The largest absolute Gasteiger partial charge is 0.387 e. The zero-order valence-electron chi connectivity index (χ0n) is 10.4. The highest BCUT2D eigenvalue weighted by Gasteiger charge is 2.23. The van der Waals surface area contributed by atoms with Gasteiger partial charge in [0.05, 0.1) is 6.07 Å². The van der Waals surface area contributed by atoms with Crippen LogP contribution in [-0.2, 0) is 6.42 Å².